The number of allylic oxidation sites excluding steroid dienone is 1. The third kappa shape index (κ3) is 4.19. The van der Waals surface area contributed by atoms with Gasteiger partial charge in [0.1, 0.15) is 12.4 Å². The lowest BCUT2D eigenvalue weighted by atomic mass is 10.1. The highest BCUT2D eigenvalue weighted by atomic mass is 16.5. The van der Waals surface area contributed by atoms with Gasteiger partial charge in [-0.2, -0.15) is 0 Å². The molecular formula is C17H15O4-. The fourth-order valence-electron chi connectivity index (χ4n) is 1.77. The molecule has 2 aromatic rings. The summed E-state index contributed by atoms with van der Waals surface area (Å²) >= 11 is 0. The summed E-state index contributed by atoms with van der Waals surface area (Å²) in [5.74, 6) is -0.103. The van der Waals surface area contributed by atoms with Crippen LogP contribution in [-0.4, -0.2) is 24.1 Å². The van der Waals surface area contributed by atoms with Gasteiger partial charge in [-0.25, -0.2) is 0 Å². The Morgan fingerprint density at radius 2 is 1.71 bits per heavy atom. The molecule has 0 aliphatic heterocycles. The van der Waals surface area contributed by atoms with E-state index in [9.17, 15) is 9.90 Å². The van der Waals surface area contributed by atoms with Gasteiger partial charge in [0.15, 0.2) is 5.78 Å². The van der Waals surface area contributed by atoms with Crippen LogP contribution in [0.1, 0.15) is 15.9 Å². The average molecular weight is 283 g/mol. The SMILES string of the molecule is O=C(/C=C(\[O-])c1ccccc1)c1ccc(OCCO)cc1. The van der Waals surface area contributed by atoms with Crippen molar-refractivity contribution >= 4 is 11.5 Å². The van der Waals surface area contributed by atoms with Crippen LogP contribution in [0.5, 0.6) is 5.75 Å². The molecule has 0 unspecified atom stereocenters. The van der Waals surface area contributed by atoms with E-state index in [-0.39, 0.29) is 24.8 Å². The van der Waals surface area contributed by atoms with Gasteiger partial charge in [0, 0.05) is 5.56 Å². The number of ketones is 1. The first kappa shape index (κ1) is 14.8. The lowest BCUT2D eigenvalue weighted by Gasteiger charge is -2.11. The maximum Gasteiger partial charge on any atom is 0.185 e. The van der Waals surface area contributed by atoms with Crippen LogP contribution in [0, 0.1) is 0 Å². The first-order chi connectivity index (χ1) is 10.2. The van der Waals surface area contributed by atoms with Gasteiger partial charge >= 0.3 is 0 Å². The number of hydrogen-bond acceptors (Lipinski definition) is 4. The average Bonchev–Trinajstić information content (AvgIpc) is 2.54. The van der Waals surface area contributed by atoms with Crippen LogP contribution in [0.3, 0.4) is 0 Å². The van der Waals surface area contributed by atoms with Crippen molar-refractivity contribution in [1.82, 2.24) is 0 Å². The van der Waals surface area contributed by atoms with Crippen molar-refractivity contribution in [3.05, 3.63) is 71.8 Å². The summed E-state index contributed by atoms with van der Waals surface area (Å²) in [6.45, 7) is 0.131. The van der Waals surface area contributed by atoms with E-state index in [4.69, 9.17) is 9.84 Å². The summed E-state index contributed by atoms with van der Waals surface area (Å²) in [6.07, 6.45) is 1.08. The topological polar surface area (TPSA) is 69.6 Å². The van der Waals surface area contributed by atoms with E-state index >= 15 is 0 Å². The monoisotopic (exact) mass is 283 g/mol. The molecule has 0 heterocycles. The molecule has 0 spiro atoms. The van der Waals surface area contributed by atoms with Crippen molar-refractivity contribution in [2.45, 2.75) is 0 Å². The molecular weight excluding hydrogens is 268 g/mol. The second kappa shape index (κ2) is 7.26. The highest BCUT2D eigenvalue weighted by molar-refractivity contribution is 6.07. The normalized spacial score (nSPS) is 11.2. The number of hydrogen-bond donors (Lipinski definition) is 1. The van der Waals surface area contributed by atoms with Crippen LogP contribution in [0.4, 0.5) is 0 Å². The maximum absolute atomic E-state index is 12.0. The Balaban J connectivity index is 2.09. The molecule has 2 rings (SSSR count). The van der Waals surface area contributed by atoms with E-state index in [1.807, 2.05) is 6.07 Å². The molecule has 0 atom stereocenters. The highest BCUT2D eigenvalue weighted by Gasteiger charge is 2.03. The molecule has 4 heteroatoms. The maximum atomic E-state index is 12.0. The summed E-state index contributed by atoms with van der Waals surface area (Å²) in [5, 5.41) is 20.6. The molecule has 4 nitrogen and oxygen atoms in total. The first-order valence-corrected chi connectivity index (χ1v) is 6.53. The molecule has 21 heavy (non-hydrogen) atoms. The number of carbonyl (C=O) groups is 1. The number of rotatable bonds is 6. The van der Waals surface area contributed by atoms with Gasteiger partial charge in [0.2, 0.25) is 0 Å². The molecule has 0 bridgehead atoms. The number of aliphatic hydroxyl groups is 1. The van der Waals surface area contributed by atoms with Crippen LogP contribution < -0.4 is 9.84 Å². The van der Waals surface area contributed by atoms with Crippen LogP contribution in [0.2, 0.25) is 0 Å². The van der Waals surface area contributed by atoms with Crippen molar-refractivity contribution in [1.29, 1.82) is 0 Å². The summed E-state index contributed by atoms with van der Waals surface area (Å²) < 4.78 is 5.20. The Labute approximate surface area is 122 Å². The summed E-state index contributed by atoms with van der Waals surface area (Å²) in [4.78, 5) is 12.0. The zero-order valence-electron chi connectivity index (χ0n) is 11.4. The van der Waals surface area contributed by atoms with Gasteiger partial charge < -0.3 is 14.9 Å². The Hall–Kier alpha value is -2.59. The predicted molar refractivity (Wildman–Crippen MR) is 77.8 cm³/mol. The fourth-order valence-corrected chi connectivity index (χ4v) is 1.77. The standard InChI is InChI=1S/C17H16O4/c18-10-11-21-15-8-6-14(7-9-15)17(20)12-16(19)13-4-2-1-3-5-13/h1-9,12,18-19H,10-11H2/p-1/b16-12-. The van der Waals surface area contributed by atoms with E-state index < -0.39 is 0 Å². The smallest absolute Gasteiger partial charge is 0.185 e. The Morgan fingerprint density at radius 3 is 2.33 bits per heavy atom. The van der Waals surface area contributed by atoms with Gasteiger partial charge in [-0.15, -0.1) is 0 Å². The molecule has 0 saturated heterocycles. The highest BCUT2D eigenvalue weighted by Crippen LogP contribution is 2.14. The van der Waals surface area contributed by atoms with Crippen LogP contribution in [0.25, 0.3) is 5.76 Å². The zero-order valence-corrected chi connectivity index (χ0v) is 11.4. The van der Waals surface area contributed by atoms with Crippen LogP contribution in [-0.2, 0) is 0 Å². The summed E-state index contributed by atoms with van der Waals surface area (Å²) in [6, 6.07) is 15.1. The van der Waals surface area contributed by atoms with Crippen LogP contribution in [0.15, 0.2) is 60.7 Å². The minimum atomic E-state index is -0.349. The number of benzene rings is 2. The van der Waals surface area contributed by atoms with Gasteiger partial charge in [-0.1, -0.05) is 36.1 Å². The third-order valence-electron chi connectivity index (χ3n) is 2.82. The molecule has 0 aromatic heterocycles. The lowest BCUT2D eigenvalue weighted by molar-refractivity contribution is -0.243. The van der Waals surface area contributed by atoms with E-state index in [1.165, 1.54) is 0 Å². The quantitative estimate of drug-likeness (QED) is 0.497. The Bertz CT molecular complexity index is 615. The first-order valence-electron chi connectivity index (χ1n) is 6.53. The third-order valence-corrected chi connectivity index (χ3v) is 2.82. The Morgan fingerprint density at radius 1 is 1.05 bits per heavy atom. The molecule has 108 valence electrons. The number of ether oxygens (including phenoxy) is 1. The van der Waals surface area contributed by atoms with Crippen molar-refractivity contribution in [2.24, 2.45) is 0 Å². The lowest BCUT2D eigenvalue weighted by Crippen LogP contribution is -2.06. The molecule has 0 aliphatic rings. The van der Waals surface area contributed by atoms with Gasteiger partial charge in [-0.3, -0.25) is 4.79 Å². The van der Waals surface area contributed by atoms with Gasteiger partial charge in [-0.05, 0) is 35.9 Å². The van der Waals surface area contributed by atoms with E-state index in [1.54, 1.807) is 48.5 Å². The summed E-state index contributed by atoms with van der Waals surface area (Å²) in [5.41, 5.74) is 0.893. The fraction of sp³-hybridized carbons (Fsp3) is 0.118. The molecule has 0 radical (unpaired) electrons. The second-order valence-corrected chi connectivity index (χ2v) is 4.34. The Kier molecular flexibility index (Phi) is 5.12. The number of aliphatic hydroxyl groups excluding tert-OH is 1. The number of carbonyl (C=O) groups excluding carboxylic acids is 1. The zero-order chi connectivity index (χ0) is 15.1. The van der Waals surface area contributed by atoms with Crippen molar-refractivity contribution < 1.29 is 19.7 Å². The minimum Gasteiger partial charge on any atom is -0.872 e. The molecule has 0 saturated carbocycles. The summed E-state index contributed by atoms with van der Waals surface area (Å²) in [7, 11) is 0. The van der Waals surface area contributed by atoms with Crippen molar-refractivity contribution in [2.75, 3.05) is 13.2 Å². The molecule has 2 aromatic carbocycles. The van der Waals surface area contributed by atoms with Crippen molar-refractivity contribution in [3.63, 3.8) is 0 Å². The minimum absolute atomic E-state index is 0.0694. The van der Waals surface area contributed by atoms with E-state index in [2.05, 4.69) is 0 Å². The van der Waals surface area contributed by atoms with Gasteiger partial charge in [0.05, 0.1) is 6.61 Å². The van der Waals surface area contributed by atoms with Crippen molar-refractivity contribution in [3.8, 4) is 5.75 Å². The molecule has 1 N–H and O–H groups in total. The largest absolute Gasteiger partial charge is 0.872 e. The second-order valence-electron chi connectivity index (χ2n) is 4.34. The molecule has 0 fully saturated rings. The molecule has 0 aliphatic carbocycles. The predicted octanol–water partition coefficient (Wildman–Crippen LogP) is 1.64. The van der Waals surface area contributed by atoms with Crippen LogP contribution >= 0.6 is 0 Å². The molecule has 0 amide bonds. The van der Waals surface area contributed by atoms with E-state index in [0.29, 0.717) is 16.9 Å². The van der Waals surface area contributed by atoms with Gasteiger partial charge in [0.25, 0.3) is 0 Å². The van der Waals surface area contributed by atoms with E-state index in [0.717, 1.165) is 6.08 Å².